The van der Waals surface area contributed by atoms with E-state index in [2.05, 4.69) is 50.2 Å². The number of nitrogens with zero attached hydrogens (tertiary/aromatic N) is 4. The summed E-state index contributed by atoms with van der Waals surface area (Å²) in [6, 6.07) is 0.000486. The van der Waals surface area contributed by atoms with E-state index in [1.807, 2.05) is 10.9 Å². The second kappa shape index (κ2) is 6.06. The number of aryl methyl sites for hydroxylation is 1. The van der Waals surface area contributed by atoms with Crippen LogP contribution in [0.2, 0.25) is 0 Å². The molecule has 2 heterocycles. The second-order valence-electron chi connectivity index (χ2n) is 3.81. The van der Waals surface area contributed by atoms with Crippen LogP contribution in [-0.2, 0) is 6.54 Å². The number of aromatic nitrogens is 4. The first-order valence-corrected chi connectivity index (χ1v) is 6.77. The first-order valence-electron chi connectivity index (χ1n) is 5.98. The highest BCUT2D eigenvalue weighted by atomic mass is 79.9. The topological polar surface area (TPSA) is 55.6 Å². The molecule has 0 saturated heterocycles. The van der Waals surface area contributed by atoms with Crippen LogP contribution in [0, 0.1) is 0 Å². The van der Waals surface area contributed by atoms with Crippen molar-refractivity contribution in [3.8, 4) is 0 Å². The molecule has 2 rings (SSSR count). The van der Waals surface area contributed by atoms with Gasteiger partial charge in [0.2, 0.25) is 0 Å². The van der Waals surface area contributed by atoms with E-state index in [-0.39, 0.29) is 6.04 Å². The average Bonchev–Trinajstić information content (AvgIpc) is 2.78. The summed E-state index contributed by atoms with van der Waals surface area (Å²) in [6.07, 6.45) is 6.99. The first-order chi connectivity index (χ1) is 8.77. The molecular formula is C12H16BrN5. The van der Waals surface area contributed by atoms with Gasteiger partial charge < -0.3 is 5.32 Å². The lowest BCUT2D eigenvalue weighted by atomic mass is 10.1. The quantitative estimate of drug-likeness (QED) is 0.919. The number of halogens is 1. The maximum Gasteiger partial charge on any atom is 0.0949 e. The lowest BCUT2D eigenvalue weighted by molar-refractivity contribution is 0.531. The number of hydrogen-bond donors (Lipinski definition) is 1. The van der Waals surface area contributed by atoms with Crippen molar-refractivity contribution in [2.75, 3.05) is 6.54 Å². The molecule has 0 saturated carbocycles. The van der Waals surface area contributed by atoms with E-state index in [0.717, 1.165) is 29.0 Å². The Morgan fingerprint density at radius 1 is 1.33 bits per heavy atom. The summed E-state index contributed by atoms with van der Waals surface area (Å²) in [6.45, 7) is 5.82. The summed E-state index contributed by atoms with van der Waals surface area (Å²) in [4.78, 5) is 8.52. The van der Waals surface area contributed by atoms with Crippen molar-refractivity contribution in [2.45, 2.75) is 26.4 Å². The zero-order valence-corrected chi connectivity index (χ0v) is 12.1. The molecule has 1 unspecified atom stereocenters. The molecule has 0 aliphatic carbocycles. The molecule has 18 heavy (non-hydrogen) atoms. The Labute approximate surface area is 115 Å². The van der Waals surface area contributed by atoms with E-state index in [4.69, 9.17) is 0 Å². The van der Waals surface area contributed by atoms with Crippen molar-refractivity contribution in [1.82, 2.24) is 25.1 Å². The molecule has 0 aromatic carbocycles. The van der Waals surface area contributed by atoms with E-state index in [0.29, 0.717) is 0 Å². The van der Waals surface area contributed by atoms with E-state index in [1.165, 1.54) is 0 Å². The van der Waals surface area contributed by atoms with Gasteiger partial charge in [0, 0.05) is 18.9 Å². The van der Waals surface area contributed by atoms with E-state index < -0.39 is 0 Å². The van der Waals surface area contributed by atoms with Crippen molar-refractivity contribution in [3.05, 3.63) is 40.6 Å². The Morgan fingerprint density at radius 3 is 2.78 bits per heavy atom. The number of nitrogens with one attached hydrogen (secondary N) is 1. The molecule has 2 aromatic heterocycles. The maximum absolute atomic E-state index is 4.38. The minimum Gasteiger partial charge on any atom is -0.304 e. The predicted octanol–water partition coefficient (Wildman–Crippen LogP) is 2.15. The molecule has 1 atom stereocenters. The Hall–Kier alpha value is -1.27. The van der Waals surface area contributed by atoms with Crippen LogP contribution in [0.5, 0.6) is 0 Å². The van der Waals surface area contributed by atoms with Gasteiger partial charge in [-0.05, 0) is 29.4 Å². The maximum atomic E-state index is 4.38. The monoisotopic (exact) mass is 309 g/mol. The molecule has 2 aromatic rings. The van der Waals surface area contributed by atoms with E-state index in [1.54, 1.807) is 18.6 Å². The van der Waals surface area contributed by atoms with Crippen molar-refractivity contribution in [3.63, 3.8) is 0 Å². The van der Waals surface area contributed by atoms with Gasteiger partial charge in [-0.2, -0.15) is 5.10 Å². The smallest absolute Gasteiger partial charge is 0.0949 e. The van der Waals surface area contributed by atoms with Crippen LogP contribution in [0.1, 0.15) is 31.3 Å². The Kier molecular flexibility index (Phi) is 4.43. The average molecular weight is 310 g/mol. The lowest BCUT2D eigenvalue weighted by Gasteiger charge is -2.18. The fraction of sp³-hybridized carbons (Fsp3) is 0.417. The second-order valence-corrected chi connectivity index (χ2v) is 4.67. The predicted molar refractivity (Wildman–Crippen MR) is 73.2 cm³/mol. The van der Waals surface area contributed by atoms with Crippen LogP contribution in [0.4, 0.5) is 0 Å². The van der Waals surface area contributed by atoms with Crippen LogP contribution in [0.25, 0.3) is 0 Å². The molecule has 1 N–H and O–H groups in total. The van der Waals surface area contributed by atoms with Gasteiger partial charge in [-0.25, -0.2) is 0 Å². The number of rotatable bonds is 5. The molecule has 96 valence electrons. The van der Waals surface area contributed by atoms with Crippen LogP contribution < -0.4 is 5.32 Å². The summed E-state index contributed by atoms with van der Waals surface area (Å²) < 4.78 is 2.95. The fourth-order valence-corrected chi connectivity index (χ4v) is 2.44. The first kappa shape index (κ1) is 13.2. The third-order valence-electron chi connectivity index (χ3n) is 2.69. The molecule has 0 fully saturated rings. The highest BCUT2D eigenvalue weighted by molar-refractivity contribution is 9.10. The highest BCUT2D eigenvalue weighted by Crippen LogP contribution is 2.27. The molecule has 0 radical (unpaired) electrons. The highest BCUT2D eigenvalue weighted by Gasteiger charge is 2.21. The zero-order valence-electron chi connectivity index (χ0n) is 10.5. The van der Waals surface area contributed by atoms with Crippen molar-refractivity contribution >= 4 is 15.9 Å². The molecule has 5 nitrogen and oxygen atoms in total. The summed E-state index contributed by atoms with van der Waals surface area (Å²) >= 11 is 3.55. The molecule has 0 spiro atoms. The van der Waals surface area contributed by atoms with Gasteiger partial charge in [-0.15, -0.1) is 0 Å². The van der Waals surface area contributed by atoms with Gasteiger partial charge in [0.05, 0.1) is 34.3 Å². The van der Waals surface area contributed by atoms with Gasteiger partial charge in [-0.1, -0.05) is 6.92 Å². The molecule has 0 aliphatic rings. The van der Waals surface area contributed by atoms with Crippen LogP contribution >= 0.6 is 15.9 Å². The molecule has 0 bridgehead atoms. The van der Waals surface area contributed by atoms with Crippen molar-refractivity contribution < 1.29 is 0 Å². The molecule has 6 heteroatoms. The van der Waals surface area contributed by atoms with Gasteiger partial charge in [0.25, 0.3) is 0 Å². The SMILES string of the molecule is CCNC(c1cnccn1)c1c(Br)cnn1CC. The minimum absolute atomic E-state index is 0.000486. The zero-order chi connectivity index (χ0) is 13.0. The molecule has 0 aliphatic heterocycles. The third kappa shape index (κ3) is 2.59. The van der Waals surface area contributed by atoms with Gasteiger partial charge in [0.15, 0.2) is 0 Å². The van der Waals surface area contributed by atoms with Crippen molar-refractivity contribution in [1.29, 1.82) is 0 Å². The minimum atomic E-state index is 0.000486. The standard InChI is InChI=1S/C12H16BrN5/c1-3-15-11(10-8-14-5-6-16-10)12-9(13)7-17-18(12)4-2/h5-8,11,15H,3-4H2,1-2H3. The van der Waals surface area contributed by atoms with Gasteiger partial charge in [-0.3, -0.25) is 14.6 Å². The van der Waals surface area contributed by atoms with Crippen LogP contribution in [-0.4, -0.2) is 26.3 Å². The summed E-state index contributed by atoms with van der Waals surface area (Å²) in [7, 11) is 0. The van der Waals surface area contributed by atoms with E-state index in [9.17, 15) is 0 Å². The number of hydrogen-bond acceptors (Lipinski definition) is 4. The summed E-state index contributed by atoms with van der Waals surface area (Å²) in [5.41, 5.74) is 1.98. The third-order valence-corrected chi connectivity index (χ3v) is 3.30. The van der Waals surface area contributed by atoms with Gasteiger partial charge in [0.1, 0.15) is 0 Å². The largest absolute Gasteiger partial charge is 0.304 e. The Balaban J connectivity index is 2.44. The van der Waals surface area contributed by atoms with Gasteiger partial charge >= 0.3 is 0 Å². The Morgan fingerprint density at radius 2 is 2.17 bits per heavy atom. The van der Waals surface area contributed by atoms with Crippen LogP contribution in [0.15, 0.2) is 29.3 Å². The van der Waals surface area contributed by atoms with Crippen LogP contribution in [0.3, 0.4) is 0 Å². The summed E-state index contributed by atoms with van der Waals surface area (Å²) in [5, 5.41) is 7.77. The van der Waals surface area contributed by atoms with E-state index >= 15 is 0 Å². The van der Waals surface area contributed by atoms with Crippen molar-refractivity contribution in [2.24, 2.45) is 0 Å². The molecular weight excluding hydrogens is 294 g/mol. The fourth-order valence-electron chi connectivity index (χ4n) is 1.92. The lowest BCUT2D eigenvalue weighted by Crippen LogP contribution is -2.26. The Bertz CT molecular complexity index is 496. The normalized spacial score (nSPS) is 12.6. The molecule has 0 amide bonds. The summed E-state index contributed by atoms with van der Waals surface area (Å²) in [5.74, 6) is 0.